The molecule has 1 aromatic carbocycles. The number of sulfonamides is 1. The highest BCUT2D eigenvalue weighted by Crippen LogP contribution is 2.20. The van der Waals surface area contributed by atoms with E-state index in [1.165, 1.54) is 10.5 Å². The largest absolute Gasteiger partial charge is 0.462 e. The number of esters is 1. The smallest absolute Gasteiger partial charge is 0.339 e. The summed E-state index contributed by atoms with van der Waals surface area (Å²) in [6.45, 7) is 6.10. The van der Waals surface area contributed by atoms with Crippen LogP contribution in [0.3, 0.4) is 0 Å². The first-order valence-electron chi connectivity index (χ1n) is 9.37. The number of hydrogen-bond acceptors (Lipinski definition) is 6. The number of nitrogens with zero attached hydrogens (tertiary/aromatic N) is 3. The predicted octanol–water partition coefficient (Wildman–Crippen LogP) is 2.47. The first-order chi connectivity index (χ1) is 13.4. The van der Waals surface area contributed by atoms with Crippen LogP contribution < -0.4 is 4.90 Å². The number of carbonyl (C=O) groups is 1. The Labute approximate surface area is 166 Å². The first kappa shape index (κ1) is 20.3. The molecule has 0 atom stereocenters. The van der Waals surface area contributed by atoms with Gasteiger partial charge in [0.15, 0.2) is 0 Å². The summed E-state index contributed by atoms with van der Waals surface area (Å²) in [7, 11) is -3.51. The first-order valence-corrected chi connectivity index (χ1v) is 10.8. The van der Waals surface area contributed by atoms with Crippen LogP contribution in [-0.2, 0) is 14.8 Å². The zero-order valence-corrected chi connectivity index (χ0v) is 17.0. The second-order valence-corrected chi connectivity index (χ2v) is 8.62. The van der Waals surface area contributed by atoms with E-state index in [1.807, 2.05) is 24.0 Å². The van der Waals surface area contributed by atoms with Gasteiger partial charge >= 0.3 is 5.97 Å². The van der Waals surface area contributed by atoms with Crippen LogP contribution in [-0.4, -0.2) is 56.5 Å². The molecule has 0 aliphatic carbocycles. The fraction of sp³-hybridized carbons (Fsp3) is 0.400. The van der Waals surface area contributed by atoms with Gasteiger partial charge < -0.3 is 9.64 Å². The molecule has 1 saturated heterocycles. The number of benzene rings is 1. The molecule has 0 unspecified atom stereocenters. The molecule has 28 heavy (non-hydrogen) atoms. The van der Waals surface area contributed by atoms with Gasteiger partial charge in [-0.2, -0.15) is 4.31 Å². The van der Waals surface area contributed by atoms with Crippen LogP contribution >= 0.6 is 0 Å². The van der Waals surface area contributed by atoms with E-state index in [9.17, 15) is 13.2 Å². The summed E-state index contributed by atoms with van der Waals surface area (Å²) >= 11 is 0. The lowest BCUT2D eigenvalue weighted by atomic mass is 10.2. The van der Waals surface area contributed by atoms with Gasteiger partial charge in [-0.25, -0.2) is 18.2 Å². The number of anilines is 1. The lowest BCUT2D eigenvalue weighted by Gasteiger charge is -2.22. The Hall–Kier alpha value is -2.45. The summed E-state index contributed by atoms with van der Waals surface area (Å²) in [6.07, 6.45) is 2.20. The van der Waals surface area contributed by atoms with E-state index in [0.29, 0.717) is 49.7 Å². The van der Waals surface area contributed by atoms with Gasteiger partial charge in [0, 0.05) is 32.4 Å². The van der Waals surface area contributed by atoms with Crippen molar-refractivity contribution in [1.82, 2.24) is 9.29 Å². The van der Waals surface area contributed by atoms with Crippen molar-refractivity contribution in [2.24, 2.45) is 0 Å². The Morgan fingerprint density at radius 3 is 2.46 bits per heavy atom. The van der Waals surface area contributed by atoms with Gasteiger partial charge in [-0.1, -0.05) is 17.7 Å². The van der Waals surface area contributed by atoms with Gasteiger partial charge in [-0.05, 0) is 44.5 Å². The van der Waals surface area contributed by atoms with Crippen LogP contribution in [0, 0.1) is 6.92 Å². The number of rotatable bonds is 5. The number of aromatic nitrogens is 1. The van der Waals surface area contributed by atoms with Crippen molar-refractivity contribution >= 4 is 21.8 Å². The topological polar surface area (TPSA) is 79.8 Å². The quantitative estimate of drug-likeness (QED) is 0.714. The normalized spacial score (nSPS) is 15.9. The lowest BCUT2D eigenvalue weighted by Crippen LogP contribution is -2.35. The minimum Gasteiger partial charge on any atom is -0.462 e. The Bertz CT molecular complexity index is 911. The fourth-order valence-electron chi connectivity index (χ4n) is 3.13. The molecule has 1 aliphatic heterocycles. The van der Waals surface area contributed by atoms with Crippen LogP contribution in [0.25, 0.3) is 0 Å². The summed E-state index contributed by atoms with van der Waals surface area (Å²) in [6, 6.07) is 10.4. The Balaban J connectivity index is 1.69. The average Bonchev–Trinajstić information content (AvgIpc) is 2.95. The highest BCUT2D eigenvalue weighted by Gasteiger charge is 2.27. The molecule has 0 N–H and O–H groups in total. The molecule has 0 amide bonds. The molecule has 0 bridgehead atoms. The number of pyridine rings is 1. The van der Waals surface area contributed by atoms with Gasteiger partial charge in [0.2, 0.25) is 10.0 Å². The van der Waals surface area contributed by atoms with Crippen molar-refractivity contribution in [3.63, 3.8) is 0 Å². The van der Waals surface area contributed by atoms with E-state index in [4.69, 9.17) is 4.74 Å². The Kier molecular flexibility index (Phi) is 6.31. The predicted molar refractivity (Wildman–Crippen MR) is 107 cm³/mol. The third-order valence-electron chi connectivity index (χ3n) is 4.70. The van der Waals surface area contributed by atoms with Gasteiger partial charge in [0.1, 0.15) is 5.82 Å². The Morgan fingerprint density at radius 1 is 1.07 bits per heavy atom. The molecule has 7 nitrogen and oxygen atoms in total. The highest BCUT2D eigenvalue weighted by molar-refractivity contribution is 7.89. The molecule has 8 heteroatoms. The summed E-state index contributed by atoms with van der Waals surface area (Å²) in [4.78, 5) is 18.5. The molecule has 2 heterocycles. The van der Waals surface area contributed by atoms with Crippen molar-refractivity contribution in [3.05, 3.63) is 53.7 Å². The maximum absolute atomic E-state index is 12.9. The molecular weight excluding hydrogens is 378 g/mol. The number of ether oxygens (including phenoxy) is 1. The molecular formula is C20H25N3O4S. The molecule has 0 spiro atoms. The summed E-state index contributed by atoms with van der Waals surface area (Å²) in [5.41, 5.74) is 1.43. The van der Waals surface area contributed by atoms with Crippen LogP contribution in [0.1, 0.15) is 29.3 Å². The van der Waals surface area contributed by atoms with Gasteiger partial charge in [-0.3, -0.25) is 0 Å². The minimum absolute atomic E-state index is 0.317. The SMILES string of the molecule is CCOC(=O)c1ccc(N2CCCN(S(=O)(=O)c3ccc(C)cc3)CC2)nc1. The molecule has 3 rings (SSSR count). The maximum atomic E-state index is 12.9. The molecule has 150 valence electrons. The number of carbonyl (C=O) groups excluding carboxylic acids is 1. The third kappa shape index (κ3) is 4.51. The molecule has 0 saturated carbocycles. The second kappa shape index (κ2) is 8.70. The van der Waals surface area contributed by atoms with Crippen molar-refractivity contribution < 1.29 is 17.9 Å². The van der Waals surface area contributed by atoms with E-state index >= 15 is 0 Å². The summed E-state index contributed by atoms with van der Waals surface area (Å²) < 4.78 is 32.3. The van der Waals surface area contributed by atoms with Gasteiger partial charge in [-0.15, -0.1) is 0 Å². The average molecular weight is 404 g/mol. The summed E-state index contributed by atoms with van der Waals surface area (Å²) in [5.74, 6) is 0.329. The minimum atomic E-state index is -3.51. The lowest BCUT2D eigenvalue weighted by molar-refractivity contribution is 0.0526. The zero-order chi connectivity index (χ0) is 20.1. The van der Waals surface area contributed by atoms with Crippen molar-refractivity contribution in [1.29, 1.82) is 0 Å². The molecule has 1 aromatic heterocycles. The van der Waals surface area contributed by atoms with E-state index in [1.54, 1.807) is 31.2 Å². The van der Waals surface area contributed by atoms with Crippen molar-refractivity contribution in [2.45, 2.75) is 25.2 Å². The Morgan fingerprint density at radius 2 is 1.82 bits per heavy atom. The number of hydrogen-bond donors (Lipinski definition) is 0. The second-order valence-electron chi connectivity index (χ2n) is 6.68. The summed E-state index contributed by atoms with van der Waals surface area (Å²) in [5, 5.41) is 0. The van der Waals surface area contributed by atoms with Gasteiger partial charge in [0.25, 0.3) is 0 Å². The van der Waals surface area contributed by atoms with Crippen LogP contribution in [0.5, 0.6) is 0 Å². The van der Waals surface area contributed by atoms with Crippen LogP contribution in [0.2, 0.25) is 0 Å². The van der Waals surface area contributed by atoms with Crippen LogP contribution in [0.4, 0.5) is 5.82 Å². The molecule has 2 aromatic rings. The monoisotopic (exact) mass is 403 g/mol. The standard InChI is InChI=1S/C20H25N3O4S/c1-3-27-20(24)17-7-10-19(21-15-17)22-11-4-12-23(14-13-22)28(25,26)18-8-5-16(2)6-9-18/h5-10,15H,3-4,11-14H2,1-2H3. The van der Waals surface area contributed by atoms with Crippen LogP contribution in [0.15, 0.2) is 47.5 Å². The highest BCUT2D eigenvalue weighted by atomic mass is 32.2. The van der Waals surface area contributed by atoms with E-state index in [-0.39, 0.29) is 0 Å². The molecule has 0 radical (unpaired) electrons. The molecule has 1 aliphatic rings. The zero-order valence-electron chi connectivity index (χ0n) is 16.2. The van der Waals surface area contributed by atoms with Crippen molar-refractivity contribution in [2.75, 3.05) is 37.7 Å². The van der Waals surface area contributed by atoms with E-state index < -0.39 is 16.0 Å². The number of aryl methyl sites for hydroxylation is 1. The maximum Gasteiger partial charge on any atom is 0.339 e. The van der Waals surface area contributed by atoms with Crippen molar-refractivity contribution in [3.8, 4) is 0 Å². The van der Waals surface area contributed by atoms with E-state index in [2.05, 4.69) is 4.98 Å². The third-order valence-corrected chi connectivity index (χ3v) is 6.61. The molecule has 1 fully saturated rings. The van der Waals surface area contributed by atoms with E-state index in [0.717, 1.165) is 11.4 Å². The fourth-order valence-corrected chi connectivity index (χ4v) is 4.60. The van der Waals surface area contributed by atoms with Gasteiger partial charge in [0.05, 0.1) is 17.1 Å².